The fourth-order valence-corrected chi connectivity index (χ4v) is 4.80. The number of alkyl halides is 3. The van der Waals surface area contributed by atoms with Crippen LogP contribution in [0.4, 0.5) is 51.6 Å². The van der Waals surface area contributed by atoms with E-state index in [0.717, 1.165) is 12.1 Å². The van der Waals surface area contributed by atoms with Gasteiger partial charge < -0.3 is 30.0 Å². The lowest BCUT2D eigenvalue weighted by Gasteiger charge is -2.20. The van der Waals surface area contributed by atoms with Gasteiger partial charge in [0.05, 0.1) is 18.8 Å². The number of nitrogens with one attached hydrogen (secondary N) is 3. The second-order valence-electron chi connectivity index (χ2n) is 9.99. The molecule has 3 amide bonds. The van der Waals surface area contributed by atoms with Gasteiger partial charge >= 0.3 is 18.3 Å². The molecule has 0 radical (unpaired) electrons. The normalized spacial score (nSPS) is 12.6. The van der Waals surface area contributed by atoms with Gasteiger partial charge in [-0.05, 0) is 55.8 Å². The van der Waals surface area contributed by atoms with Crippen molar-refractivity contribution in [3.63, 3.8) is 0 Å². The molecule has 0 aliphatic carbocycles. The summed E-state index contributed by atoms with van der Waals surface area (Å²) < 4.78 is 59.9. The average molecular weight is 671 g/mol. The van der Waals surface area contributed by atoms with Crippen molar-refractivity contribution in [3.8, 4) is 11.1 Å². The van der Waals surface area contributed by atoms with Crippen molar-refractivity contribution in [3.05, 3.63) is 84.6 Å². The van der Waals surface area contributed by atoms with Crippen molar-refractivity contribution in [2.75, 3.05) is 41.1 Å². The van der Waals surface area contributed by atoms with E-state index in [4.69, 9.17) is 4.74 Å². The number of amides is 3. The van der Waals surface area contributed by atoms with E-state index >= 15 is 0 Å². The van der Waals surface area contributed by atoms with Crippen LogP contribution in [0.25, 0.3) is 11.1 Å². The van der Waals surface area contributed by atoms with Gasteiger partial charge in [-0.2, -0.15) is 18.2 Å². The van der Waals surface area contributed by atoms with Crippen molar-refractivity contribution in [2.45, 2.75) is 31.0 Å². The van der Waals surface area contributed by atoms with Crippen LogP contribution in [0.1, 0.15) is 19.4 Å². The molecule has 4 rings (SSSR count). The van der Waals surface area contributed by atoms with Gasteiger partial charge in [-0.25, -0.2) is 14.6 Å². The first-order valence-electron chi connectivity index (χ1n) is 14.1. The van der Waals surface area contributed by atoms with Gasteiger partial charge in [-0.15, -0.1) is 10.6 Å². The fraction of sp³-hybridized carbons (Fsp3) is 0.226. The van der Waals surface area contributed by atoms with Gasteiger partial charge in [-0.3, -0.25) is 9.26 Å². The Balaban J connectivity index is 1.54. The number of rotatable bonds is 10. The van der Waals surface area contributed by atoms with E-state index in [1.807, 2.05) is 0 Å². The molecule has 47 heavy (non-hydrogen) atoms. The zero-order valence-electron chi connectivity index (χ0n) is 25.4. The van der Waals surface area contributed by atoms with Gasteiger partial charge in [-0.1, -0.05) is 41.3 Å². The van der Waals surface area contributed by atoms with Crippen LogP contribution >= 0.6 is 0 Å². The fourth-order valence-electron chi connectivity index (χ4n) is 4.09. The number of carbonyl (C=O) groups is 2. The number of carbonyl (C=O) groups excluding carboxylic acids is 2. The highest BCUT2D eigenvalue weighted by Crippen LogP contribution is 2.32. The van der Waals surface area contributed by atoms with Crippen LogP contribution in [0.3, 0.4) is 0 Å². The number of aliphatic hydroxyl groups is 1. The smallest absolute Gasteiger partial charge is 0.416 e. The number of benzene rings is 3. The lowest BCUT2D eigenvalue weighted by molar-refractivity contribution is -0.137. The molecule has 0 saturated heterocycles. The zero-order chi connectivity index (χ0) is 34.1. The minimum atomic E-state index is -4.54. The number of aliphatic hydroxyl groups excluding tert-OH is 1. The van der Waals surface area contributed by atoms with Crippen LogP contribution < -0.4 is 20.9 Å². The number of anilines is 5. The van der Waals surface area contributed by atoms with Gasteiger partial charge in [0.2, 0.25) is 5.95 Å². The van der Waals surface area contributed by atoms with Crippen molar-refractivity contribution in [1.82, 2.24) is 9.97 Å². The number of halogens is 3. The van der Waals surface area contributed by atoms with E-state index in [-0.39, 0.29) is 35.8 Å². The molecule has 4 N–H and O–H groups in total. The molecule has 4 aromatic rings. The van der Waals surface area contributed by atoms with Gasteiger partial charge in [0.1, 0.15) is 5.82 Å². The molecule has 3 aromatic carbocycles. The third-order valence-corrected chi connectivity index (χ3v) is 7.45. The Labute approximate surface area is 270 Å². The number of urea groups is 1. The molecule has 0 spiro atoms. The lowest BCUT2D eigenvalue weighted by atomic mass is 10.1. The Morgan fingerprint density at radius 1 is 1.06 bits per heavy atom. The van der Waals surface area contributed by atoms with Crippen LogP contribution in [-0.2, 0) is 25.7 Å². The van der Waals surface area contributed by atoms with E-state index < -0.39 is 34.5 Å². The molecule has 16 heteroatoms. The highest BCUT2D eigenvalue weighted by Gasteiger charge is 2.30. The van der Waals surface area contributed by atoms with Crippen LogP contribution in [0.15, 0.2) is 88.3 Å². The lowest BCUT2D eigenvalue weighted by Crippen LogP contribution is -2.31. The minimum absolute atomic E-state index is 0.000440. The van der Waals surface area contributed by atoms with Crippen molar-refractivity contribution >= 4 is 51.5 Å². The molecule has 248 valence electrons. The molecular formula is C31H31F3N7O5S-. The molecule has 0 saturated carbocycles. The summed E-state index contributed by atoms with van der Waals surface area (Å²) in [6.45, 7) is 3.28. The predicted octanol–water partition coefficient (Wildman–Crippen LogP) is 7.03. The summed E-state index contributed by atoms with van der Waals surface area (Å²) in [5, 5.41) is 18.3. The molecule has 0 aliphatic heterocycles. The van der Waals surface area contributed by atoms with E-state index in [1.165, 1.54) is 30.1 Å². The second-order valence-corrected chi connectivity index (χ2v) is 11.1. The predicted molar refractivity (Wildman–Crippen MR) is 172 cm³/mol. The largest absolute Gasteiger partial charge is 0.450 e. The van der Waals surface area contributed by atoms with Crippen molar-refractivity contribution < 1.29 is 36.8 Å². The van der Waals surface area contributed by atoms with Crippen molar-refractivity contribution in [1.29, 1.82) is 0 Å². The van der Waals surface area contributed by atoms with Crippen LogP contribution in [0, 0.1) is 0 Å². The summed E-state index contributed by atoms with van der Waals surface area (Å²) in [7, 11) is -0.510. The molecule has 0 aliphatic rings. The maximum absolute atomic E-state index is 13.1. The Hall–Kier alpha value is -5.22. The first-order valence-corrected chi connectivity index (χ1v) is 15.2. The van der Waals surface area contributed by atoms with Crippen LogP contribution in [0.2, 0.25) is 0 Å². The second kappa shape index (κ2) is 15.4. The molecule has 1 aromatic heterocycles. The first kappa shape index (κ1) is 34.6. The SMILES string of the molecule is CCOC(=O)N=[S-](=O)c1cccc(Nc2ncc(-c3ccc(N(C)C(=O)Nc4cccc(C(F)(F)F)c4)cc3)c(NC(C)CO)n2)c1. The van der Waals surface area contributed by atoms with Crippen LogP contribution in [-0.4, -0.2) is 53.5 Å². The number of hydrogen-bond donors (Lipinski definition) is 4. The number of aromatic nitrogens is 2. The van der Waals surface area contributed by atoms with Crippen LogP contribution in [0.5, 0.6) is 0 Å². The van der Waals surface area contributed by atoms with E-state index in [1.54, 1.807) is 62.5 Å². The number of ether oxygens (including phenoxy) is 1. The molecule has 1 unspecified atom stereocenters. The van der Waals surface area contributed by atoms with E-state index in [9.17, 15) is 32.1 Å². The summed E-state index contributed by atoms with van der Waals surface area (Å²) in [6, 6.07) is 16.4. The molecule has 1 atom stereocenters. The Kier molecular flexibility index (Phi) is 11.3. The zero-order valence-corrected chi connectivity index (χ0v) is 26.2. The van der Waals surface area contributed by atoms with Gasteiger partial charge in [0, 0.05) is 41.9 Å². The maximum atomic E-state index is 13.1. The minimum Gasteiger partial charge on any atom is -0.450 e. The number of nitrogens with zero attached hydrogens (tertiary/aromatic N) is 4. The van der Waals surface area contributed by atoms with E-state index in [2.05, 4.69) is 30.3 Å². The van der Waals surface area contributed by atoms with Gasteiger partial charge in [0.15, 0.2) is 0 Å². The molecule has 0 fully saturated rings. The summed E-state index contributed by atoms with van der Waals surface area (Å²) in [5.41, 5.74) is 1.29. The van der Waals surface area contributed by atoms with E-state index in [0.29, 0.717) is 28.3 Å². The summed E-state index contributed by atoms with van der Waals surface area (Å²) in [4.78, 5) is 34.8. The standard InChI is InChI=1S/C31H31F3N7O5S/c1-4-46-30(44)40-47(45)25-10-6-9-23(16-25)37-28-35-17-26(27(39-28)36-19(2)18-42)20-11-13-24(14-12-20)41(3)29(43)38-22-8-5-7-21(15-22)31(32,33)34/h5-17,19,42H,4,18H2,1-3H3,(H,38,43)(H2,35,36,37,39)/q-1. The molecular weight excluding hydrogens is 639 g/mol. The van der Waals surface area contributed by atoms with Crippen molar-refractivity contribution in [2.24, 2.45) is 4.36 Å². The molecule has 0 bridgehead atoms. The highest BCUT2D eigenvalue weighted by molar-refractivity contribution is 7.75. The van der Waals surface area contributed by atoms with Gasteiger partial charge in [0.25, 0.3) is 0 Å². The molecule has 1 heterocycles. The Bertz CT molecular complexity index is 1820. The average Bonchev–Trinajstić information content (AvgIpc) is 3.04. The molecule has 12 nitrogen and oxygen atoms in total. The summed E-state index contributed by atoms with van der Waals surface area (Å²) >= 11 is 0. The summed E-state index contributed by atoms with van der Waals surface area (Å²) in [5.74, 6) is 0.554. The monoisotopic (exact) mass is 670 g/mol. The Morgan fingerprint density at radius 3 is 2.45 bits per heavy atom. The first-order chi connectivity index (χ1) is 22.4. The number of hydrogen-bond acceptors (Lipinski definition) is 10. The summed E-state index contributed by atoms with van der Waals surface area (Å²) in [6.07, 6.45) is -3.92. The maximum Gasteiger partial charge on any atom is 0.416 e. The third-order valence-electron chi connectivity index (χ3n) is 6.47. The Morgan fingerprint density at radius 2 is 1.77 bits per heavy atom. The quantitative estimate of drug-likeness (QED) is 0.130. The highest BCUT2D eigenvalue weighted by atomic mass is 32.2. The topological polar surface area (TPSA) is 158 Å². The third kappa shape index (κ3) is 9.40.